The topological polar surface area (TPSA) is 64.6 Å². The van der Waals surface area contributed by atoms with Crippen molar-refractivity contribution in [3.8, 4) is 5.75 Å². The monoisotopic (exact) mass is 311 g/mol. The van der Waals surface area contributed by atoms with Gasteiger partial charge in [0.25, 0.3) is 0 Å². The van der Waals surface area contributed by atoms with Crippen LogP contribution in [0.4, 0.5) is 0 Å². The number of rotatable bonds is 4. The van der Waals surface area contributed by atoms with Crippen molar-refractivity contribution in [1.29, 1.82) is 0 Å². The minimum absolute atomic E-state index is 0.0356. The van der Waals surface area contributed by atoms with Crippen molar-refractivity contribution in [3.63, 3.8) is 0 Å². The van der Waals surface area contributed by atoms with E-state index < -0.39 is 10.0 Å². The van der Waals surface area contributed by atoms with Crippen molar-refractivity contribution in [2.75, 3.05) is 20.3 Å². The molecule has 0 amide bonds. The van der Waals surface area contributed by atoms with Crippen LogP contribution in [0.1, 0.15) is 25.7 Å². The normalized spacial score (nSPS) is 24.5. The van der Waals surface area contributed by atoms with Gasteiger partial charge in [0.15, 0.2) is 0 Å². The van der Waals surface area contributed by atoms with Gasteiger partial charge in [-0.2, -0.15) is 0 Å². The molecule has 1 unspecified atom stereocenters. The molecule has 2 fully saturated rings. The zero-order chi connectivity index (χ0) is 14.9. The summed E-state index contributed by atoms with van der Waals surface area (Å²) in [7, 11) is -1.91. The Hall–Kier alpha value is -1.11. The highest BCUT2D eigenvalue weighted by Gasteiger charge is 2.48. The molecule has 0 radical (unpaired) electrons. The standard InChI is InChI=1S/C15H21NO4S/c1-19-12-2-4-13(5-3-12)21(17,18)16-14-6-7-15(14)8-10-20-11-9-15/h2-5,14,16H,6-11H2,1H3. The van der Waals surface area contributed by atoms with E-state index in [2.05, 4.69) is 4.72 Å². The summed E-state index contributed by atoms with van der Waals surface area (Å²) in [6.45, 7) is 1.47. The van der Waals surface area contributed by atoms with Crippen molar-refractivity contribution in [2.24, 2.45) is 5.41 Å². The van der Waals surface area contributed by atoms with E-state index in [9.17, 15) is 8.42 Å². The van der Waals surface area contributed by atoms with Gasteiger partial charge in [0.05, 0.1) is 12.0 Å². The zero-order valence-corrected chi connectivity index (χ0v) is 13.0. The molecule has 6 heteroatoms. The summed E-state index contributed by atoms with van der Waals surface area (Å²) < 4.78 is 38.3. The third-order valence-electron chi connectivity index (χ3n) is 4.83. The molecule has 1 spiro atoms. The van der Waals surface area contributed by atoms with Crippen molar-refractivity contribution in [3.05, 3.63) is 24.3 Å². The highest BCUT2D eigenvalue weighted by molar-refractivity contribution is 7.89. The maximum Gasteiger partial charge on any atom is 0.240 e. The number of hydrogen-bond donors (Lipinski definition) is 1. The van der Waals surface area contributed by atoms with Gasteiger partial charge < -0.3 is 9.47 Å². The van der Waals surface area contributed by atoms with Crippen LogP contribution in [0.3, 0.4) is 0 Å². The van der Waals surface area contributed by atoms with E-state index in [-0.39, 0.29) is 16.4 Å². The summed E-state index contributed by atoms with van der Waals surface area (Å²) in [4.78, 5) is 0.289. The molecule has 1 aromatic rings. The molecule has 1 heterocycles. The first-order valence-electron chi connectivity index (χ1n) is 7.30. The molecule has 21 heavy (non-hydrogen) atoms. The van der Waals surface area contributed by atoms with Gasteiger partial charge in [0, 0.05) is 19.3 Å². The van der Waals surface area contributed by atoms with Gasteiger partial charge in [-0.05, 0) is 55.4 Å². The summed E-state index contributed by atoms with van der Waals surface area (Å²) >= 11 is 0. The number of hydrogen-bond acceptors (Lipinski definition) is 4. The molecule has 2 aliphatic rings. The molecule has 1 N–H and O–H groups in total. The summed E-state index contributed by atoms with van der Waals surface area (Å²) in [5.41, 5.74) is 0.109. The molecule has 1 aliphatic heterocycles. The van der Waals surface area contributed by atoms with E-state index in [0.29, 0.717) is 5.75 Å². The van der Waals surface area contributed by atoms with Crippen molar-refractivity contribution < 1.29 is 17.9 Å². The second-order valence-corrected chi connectivity index (χ2v) is 7.58. The van der Waals surface area contributed by atoms with E-state index in [0.717, 1.165) is 38.9 Å². The van der Waals surface area contributed by atoms with E-state index in [1.165, 1.54) is 0 Å². The lowest BCUT2D eigenvalue weighted by molar-refractivity contribution is -0.0483. The first-order chi connectivity index (χ1) is 10.1. The van der Waals surface area contributed by atoms with Crippen LogP contribution in [0.2, 0.25) is 0 Å². The van der Waals surface area contributed by atoms with Gasteiger partial charge >= 0.3 is 0 Å². The average molecular weight is 311 g/mol. The molecule has 3 rings (SSSR count). The van der Waals surface area contributed by atoms with E-state index in [1.807, 2.05) is 0 Å². The Bertz CT molecular complexity index is 591. The summed E-state index contributed by atoms with van der Waals surface area (Å²) in [6, 6.07) is 6.53. The Morgan fingerprint density at radius 1 is 1.19 bits per heavy atom. The lowest BCUT2D eigenvalue weighted by Crippen LogP contribution is -2.57. The smallest absolute Gasteiger partial charge is 0.240 e. The van der Waals surface area contributed by atoms with Gasteiger partial charge in [-0.15, -0.1) is 0 Å². The van der Waals surface area contributed by atoms with Gasteiger partial charge in [0.2, 0.25) is 10.0 Å². The van der Waals surface area contributed by atoms with Crippen LogP contribution in [0.15, 0.2) is 29.2 Å². The highest BCUT2D eigenvalue weighted by atomic mass is 32.2. The fourth-order valence-electron chi connectivity index (χ4n) is 3.27. The molecule has 1 atom stereocenters. The Balaban J connectivity index is 1.73. The highest BCUT2D eigenvalue weighted by Crippen LogP contribution is 2.49. The van der Waals surface area contributed by atoms with Gasteiger partial charge in [-0.1, -0.05) is 0 Å². The molecule has 1 aromatic carbocycles. The fraction of sp³-hybridized carbons (Fsp3) is 0.600. The maximum atomic E-state index is 12.5. The number of benzene rings is 1. The van der Waals surface area contributed by atoms with E-state index >= 15 is 0 Å². The average Bonchev–Trinajstić information content (AvgIpc) is 2.52. The Morgan fingerprint density at radius 2 is 1.86 bits per heavy atom. The third-order valence-corrected chi connectivity index (χ3v) is 6.31. The van der Waals surface area contributed by atoms with Crippen LogP contribution < -0.4 is 9.46 Å². The molecule has 0 aromatic heterocycles. The fourth-order valence-corrected chi connectivity index (χ4v) is 4.64. The van der Waals surface area contributed by atoms with Crippen molar-refractivity contribution in [2.45, 2.75) is 36.6 Å². The minimum atomic E-state index is -3.47. The lowest BCUT2D eigenvalue weighted by Gasteiger charge is -2.51. The molecule has 1 aliphatic carbocycles. The van der Waals surface area contributed by atoms with Crippen LogP contribution in [-0.4, -0.2) is 34.8 Å². The lowest BCUT2D eigenvalue weighted by atomic mass is 9.60. The second-order valence-electron chi connectivity index (χ2n) is 5.86. The van der Waals surface area contributed by atoms with Crippen LogP contribution in [0, 0.1) is 5.41 Å². The Morgan fingerprint density at radius 3 is 2.38 bits per heavy atom. The second kappa shape index (κ2) is 5.59. The molecular formula is C15H21NO4S. The quantitative estimate of drug-likeness (QED) is 0.923. The van der Waals surface area contributed by atoms with Crippen LogP contribution in [0.5, 0.6) is 5.75 Å². The Labute approximate surface area is 125 Å². The first-order valence-corrected chi connectivity index (χ1v) is 8.78. The first kappa shape index (κ1) is 14.8. The van der Waals surface area contributed by atoms with Crippen LogP contribution in [-0.2, 0) is 14.8 Å². The summed E-state index contributed by atoms with van der Waals surface area (Å²) in [5, 5.41) is 0. The Kier molecular flexibility index (Phi) is 3.94. The molecule has 0 bridgehead atoms. The molecule has 1 saturated carbocycles. The SMILES string of the molecule is COc1ccc(S(=O)(=O)NC2CCC23CCOCC3)cc1. The van der Waals surface area contributed by atoms with E-state index in [4.69, 9.17) is 9.47 Å². The van der Waals surface area contributed by atoms with Gasteiger partial charge in [-0.3, -0.25) is 0 Å². The molecule has 116 valence electrons. The van der Waals surface area contributed by atoms with Crippen LogP contribution in [0.25, 0.3) is 0 Å². The summed E-state index contributed by atoms with van der Waals surface area (Å²) in [5.74, 6) is 0.651. The third kappa shape index (κ3) is 2.80. The maximum absolute atomic E-state index is 12.5. The number of sulfonamides is 1. The molecule has 5 nitrogen and oxygen atoms in total. The largest absolute Gasteiger partial charge is 0.497 e. The number of ether oxygens (including phenoxy) is 2. The predicted octanol–water partition coefficient (Wildman–Crippen LogP) is 1.93. The number of methoxy groups -OCH3 is 1. The van der Waals surface area contributed by atoms with Gasteiger partial charge in [-0.25, -0.2) is 13.1 Å². The minimum Gasteiger partial charge on any atom is -0.497 e. The number of nitrogens with one attached hydrogen (secondary N) is 1. The zero-order valence-electron chi connectivity index (χ0n) is 12.2. The van der Waals surface area contributed by atoms with Crippen molar-refractivity contribution >= 4 is 10.0 Å². The van der Waals surface area contributed by atoms with Crippen molar-refractivity contribution in [1.82, 2.24) is 4.72 Å². The van der Waals surface area contributed by atoms with Gasteiger partial charge in [0.1, 0.15) is 5.75 Å². The predicted molar refractivity (Wildman–Crippen MR) is 78.8 cm³/mol. The molecular weight excluding hydrogens is 290 g/mol. The van der Waals surface area contributed by atoms with Crippen LogP contribution >= 0.6 is 0 Å². The molecule has 1 saturated heterocycles. The van der Waals surface area contributed by atoms with E-state index in [1.54, 1.807) is 31.4 Å². The summed E-state index contributed by atoms with van der Waals surface area (Å²) in [6.07, 6.45) is 3.90.